The van der Waals surface area contributed by atoms with E-state index in [2.05, 4.69) is 17.3 Å². The van der Waals surface area contributed by atoms with Gasteiger partial charge in [-0.25, -0.2) is 0 Å². The number of oxime groups is 1. The lowest BCUT2D eigenvalue weighted by molar-refractivity contribution is 0.276. The van der Waals surface area contributed by atoms with E-state index in [9.17, 15) is 5.21 Å². The van der Waals surface area contributed by atoms with Gasteiger partial charge in [0.15, 0.2) is 17.2 Å². The fraction of sp³-hybridized carbons (Fsp3) is 0.121. The van der Waals surface area contributed by atoms with Crippen LogP contribution in [0.25, 0.3) is 11.6 Å². The van der Waals surface area contributed by atoms with Crippen LogP contribution in [0.4, 0.5) is 0 Å². The molecule has 39 heavy (non-hydrogen) atoms. The molecule has 0 spiro atoms. The first-order chi connectivity index (χ1) is 19.2. The molecule has 0 saturated carbocycles. The molecule has 1 fully saturated rings. The maximum atomic E-state index is 9.90. The number of allylic oxidation sites excluding steroid dienone is 1. The zero-order chi connectivity index (χ0) is 27.0. The first-order valence-corrected chi connectivity index (χ1v) is 12.6. The minimum Gasteiger partial charge on any atom is -0.497 e. The Labute approximate surface area is 228 Å². The van der Waals surface area contributed by atoms with E-state index in [4.69, 9.17) is 18.9 Å². The van der Waals surface area contributed by atoms with Crippen LogP contribution in [-0.4, -0.2) is 25.1 Å². The van der Waals surface area contributed by atoms with Gasteiger partial charge in [-0.05, 0) is 53.1 Å². The minimum atomic E-state index is 0.394. The summed E-state index contributed by atoms with van der Waals surface area (Å²) in [6.07, 6.45) is 2.44. The molecule has 4 aromatic carbocycles. The van der Waals surface area contributed by atoms with Crippen LogP contribution in [0, 0.1) is 0 Å². The minimum absolute atomic E-state index is 0.394. The number of rotatable bonds is 9. The molecule has 1 aliphatic rings. The highest BCUT2D eigenvalue weighted by molar-refractivity contribution is 6.20. The molecule has 0 bridgehead atoms. The Bertz CT molecular complexity index is 1500. The van der Waals surface area contributed by atoms with Gasteiger partial charge in [0, 0.05) is 17.6 Å². The summed E-state index contributed by atoms with van der Waals surface area (Å²) in [4.78, 5) is 0. The molecule has 0 atom stereocenters. The van der Waals surface area contributed by atoms with E-state index < -0.39 is 0 Å². The summed E-state index contributed by atoms with van der Waals surface area (Å²) in [5.41, 5.74) is 5.27. The fourth-order valence-corrected chi connectivity index (χ4v) is 4.37. The Morgan fingerprint density at radius 2 is 1.49 bits per heavy atom. The van der Waals surface area contributed by atoms with Crippen molar-refractivity contribution in [3.8, 4) is 17.2 Å². The van der Waals surface area contributed by atoms with Gasteiger partial charge >= 0.3 is 0 Å². The molecule has 1 heterocycles. The number of ether oxygens (including phenoxy) is 4. The van der Waals surface area contributed by atoms with Crippen LogP contribution in [0.5, 0.6) is 17.2 Å². The number of methoxy groups -OCH3 is 2. The molecule has 6 heteroatoms. The van der Waals surface area contributed by atoms with Crippen molar-refractivity contribution in [3.63, 3.8) is 0 Å². The van der Waals surface area contributed by atoms with E-state index in [1.807, 2.05) is 97.1 Å². The molecule has 0 unspecified atom stereocenters. The summed E-state index contributed by atoms with van der Waals surface area (Å²) >= 11 is 0. The van der Waals surface area contributed by atoms with E-state index in [1.165, 1.54) is 0 Å². The maximum absolute atomic E-state index is 9.90. The SMILES string of the molecule is COc1ccc(\C=C2/OC(=C(\Cc3ccccc3)c3ccc(OCc4ccccc4OC)cc3)/C2=N/O)cc1. The highest BCUT2D eigenvalue weighted by Crippen LogP contribution is 2.36. The van der Waals surface area contributed by atoms with Gasteiger partial charge in [0.1, 0.15) is 23.9 Å². The summed E-state index contributed by atoms with van der Waals surface area (Å²) in [6, 6.07) is 33.3. The van der Waals surface area contributed by atoms with Gasteiger partial charge in [0.25, 0.3) is 0 Å². The normalized spacial score (nSPS) is 15.8. The number of para-hydroxylation sites is 1. The first kappa shape index (κ1) is 25.7. The Balaban J connectivity index is 1.41. The van der Waals surface area contributed by atoms with Crippen LogP contribution >= 0.6 is 0 Å². The van der Waals surface area contributed by atoms with Crippen molar-refractivity contribution in [2.45, 2.75) is 13.0 Å². The smallest absolute Gasteiger partial charge is 0.187 e. The Kier molecular flexibility index (Phi) is 7.93. The predicted octanol–water partition coefficient (Wildman–Crippen LogP) is 7.14. The van der Waals surface area contributed by atoms with Crippen LogP contribution in [0.1, 0.15) is 22.3 Å². The number of hydrogen-bond donors (Lipinski definition) is 1. The highest BCUT2D eigenvalue weighted by atomic mass is 16.5. The standard InChI is InChI=1S/C33H29NO5/c1-36-27-16-12-24(13-17-27)21-31-32(34-35)33(39-31)29(20-23-8-4-3-5-9-23)25-14-18-28(19-15-25)38-22-26-10-6-7-11-30(26)37-2/h3-19,21,35H,20,22H2,1-2H3/b31-21-,33-29+,34-32+. The molecule has 1 saturated heterocycles. The van der Waals surface area contributed by atoms with Crippen molar-refractivity contribution < 1.29 is 24.2 Å². The Morgan fingerprint density at radius 1 is 0.795 bits per heavy atom. The van der Waals surface area contributed by atoms with Crippen LogP contribution in [0.2, 0.25) is 0 Å². The molecule has 1 aliphatic heterocycles. The van der Waals surface area contributed by atoms with Gasteiger partial charge in [0.05, 0.1) is 14.2 Å². The van der Waals surface area contributed by atoms with E-state index in [0.717, 1.165) is 45.1 Å². The monoisotopic (exact) mass is 519 g/mol. The first-order valence-electron chi connectivity index (χ1n) is 12.6. The molecule has 5 rings (SSSR count). The lowest BCUT2D eigenvalue weighted by atomic mass is 9.93. The molecule has 6 nitrogen and oxygen atoms in total. The summed E-state index contributed by atoms with van der Waals surface area (Å²) in [5, 5.41) is 13.5. The molecular weight excluding hydrogens is 490 g/mol. The fourth-order valence-electron chi connectivity index (χ4n) is 4.37. The molecule has 4 aromatic rings. The topological polar surface area (TPSA) is 69.5 Å². The second kappa shape index (κ2) is 12.0. The van der Waals surface area contributed by atoms with Gasteiger partial charge < -0.3 is 24.2 Å². The number of nitrogens with zero attached hydrogens (tertiary/aromatic N) is 1. The quantitative estimate of drug-likeness (QED) is 0.188. The summed E-state index contributed by atoms with van der Waals surface area (Å²) in [7, 11) is 3.28. The van der Waals surface area contributed by atoms with Crippen molar-refractivity contribution in [1.29, 1.82) is 0 Å². The van der Waals surface area contributed by atoms with Crippen LogP contribution in [0.15, 0.2) is 120 Å². The van der Waals surface area contributed by atoms with Gasteiger partial charge in [-0.1, -0.05) is 78.0 Å². The van der Waals surface area contributed by atoms with Gasteiger partial charge in [-0.2, -0.15) is 0 Å². The molecular formula is C33H29NO5. The largest absolute Gasteiger partial charge is 0.497 e. The third-order valence-electron chi connectivity index (χ3n) is 6.46. The van der Waals surface area contributed by atoms with E-state index in [-0.39, 0.29) is 0 Å². The Hall–Kier alpha value is -4.97. The van der Waals surface area contributed by atoms with Gasteiger partial charge in [-0.15, -0.1) is 0 Å². The van der Waals surface area contributed by atoms with Crippen molar-refractivity contribution in [3.05, 3.63) is 137 Å². The third-order valence-corrected chi connectivity index (χ3v) is 6.46. The lowest BCUT2D eigenvalue weighted by Gasteiger charge is -2.27. The zero-order valence-electron chi connectivity index (χ0n) is 21.8. The van der Waals surface area contributed by atoms with Crippen molar-refractivity contribution in [1.82, 2.24) is 0 Å². The number of benzene rings is 4. The average Bonchev–Trinajstić information content (AvgIpc) is 2.98. The van der Waals surface area contributed by atoms with Crippen molar-refractivity contribution >= 4 is 17.4 Å². The van der Waals surface area contributed by atoms with E-state index >= 15 is 0 Å². The molecule has 196 valence electrons. The van der Waals surface area contributed by atoms with Crippen LogP contribution in [0.3, 0.4) is 0 Å². The Morgan fingerprint density at radius 3 is 2.18 bits per heavy atom. The van der Waals surface area contributed by atoms with E-state index in [0.29, 0.717) is 30.3 Å². The van der Waals surface area contributed by atoms with Crippen molar-refractivity contribution in [2.75, 3.05) is 14.2 Å². The molecule has 0 aromatic heterocycles. The summed E-state index contributed by atoms with van der Waals surface area (Å²) < 4.78 is 22.8. The number of hydrogen-bond acceptors (Lipinski definition) is 6. The zero-order valence-corrected chi connectivity index (χ0v) is 21.8. The summed E-state index contributed by atoms with van der Waals surface area (Å²) in [5.74, 6) is 3.34. The molecule has 0 amide bonds. The highest BCUT2D eigenvalue weighted by Gasteiger charge is 2.33. The van der Waals surface area contributed by atoms with Crippen LogP contribution < -0.4 is 14.2 Å². The predicted molar refractivity (Wildman–Crippen MR) is 152 cm³/mol. The molecule has 0 aliphatic carbocycles. The van der Waals surface area contributed by atoms with Gasteiger partial charge in [-0.3, -0.25) is 0 Å². The van der Waals surface area contributed by atoms with Gasteiger partial charge in [0.2, 0.25) is 0 Å². The third kappa shape index (κ3) is 5.96. The van der Waals surface area contributed by atoms with Crippen molar-refractivity contribution in [2.24, 2.45) is 5.16 Å². The average molecular weight is 520 g/mol. The maximum Gasteiger partial charge on any atom is 0.187 e. The second-order valence-corrected chi connectivity index (χ2v) is 8.93. The molecule has 0 radical (unpaired) electrons. The second-order valence-electron chi connectivity index (χ2n) is 8.93. The molecule has 1 N–H and O–H groups in total. The summed E-state index contributed by atoms with van der Waals surface area (Å²) in [6.45, 7) is 0.394. The van der Waals surface area contributed by atoms with Crippen LogP contribution in [-0.2, 0) is 17.8 Å². The van der Waals surface area contributed by atoms with E-state index in [1.54, 1.807) is 14.2 Å². The lowest BCUT2D eigenvalue weighted by Crippen LogP contribution is -2.25.